The SMILES string of the molecule is CCC(C)(C)OC(=O)NC(COC(=O)CC1CCCCC1)C(=O)OCc1ccccc1. The van der Waals surface area contributed by atoms with E-state index in [4.69, 9.17) is 14.2 Å². The van der Waals surface area contributed by atoms with Crippen LogP contribution in [0.15, 0.2) is 30.3 Å². The summed E-state index contributed by atoms with van der Waals surface area (Å²) in [6, 6.07) is 8.08. The van der Waals surface area contributed by atoms with Crippen LogP contribution >= 0.6 is 0 Å². The Kier molecular flexibility index (Phi) is 9.82. The average molecular weight is 434 g/mol. The minimum Gasteiger partial charge on any atom is -0.463 e. The Morgan fingerprint density at radius 1 is 1.06 bits per heavy atom. The van der Waals surface area contributed by atoms with Gasteiger partial charge in [0.25, 0.3) is 0 Å². The third-order valence-corrected chi connectivity index (χ3v) is 5.61. The highest BCUT2D eigenvalue weighted by Gasteiger charge is 2.28. The fraction of sp³-hybridized carbons (Fsp3) is 0.625. The first-order valence-electron chi connectivity index (χ1n) is 11.1. The molecule has 1 N–H and O–H groups in total. The third kappa shape index (κ3) is 9.40. The first-order chi connectivity index (χ1) is 14.8. The molecule has 1 saturated carbocycles. The van der Waals surface area contributed by atoms with Crippen molar-refractivity contribution < 1.29 is 28.6 Å². The van der Waals surface area contributed by atoms with E-state index in [0.29, 0.717) is 18.8 Å². The molecule has 172 valence electrons. The minimum absolute atomic E-state index is 0.0589. The van der Waals surface area contributed by atoms with Crippen LogP contribution in [0.1, 0.15) is 71.3 Å². The van der Waals surface area contributed by atoms with Gasteiger partial charge < -0.3 is 19.5 Å². The molecular weight excluding hydrogens is 398 g/mol. The zero-order valence-corrected chi connectivity index (χ0v) is 18.9. The van der Waals surface area contributed by atoms with Gasteiger partial charge in [0.1, 0.15) is 18.8 Å². The number of rotatable bonds is 10. The molecule has 1 aromatic rings. The predicted octanol–water partition coefficient (Wildman–Crippen LogP) is 4.53. The highest BCUT2D eigenvalue weighted by atomic mass is 16.6. The summed E-state index contributed by atoms with van der Waals surface area (Å²) in [5.41, 5.74) is 0.138. The molecule has 0 spiro atoms. The highest BCUT2D eigenvalue weighted by Crippen LogP contribution is 2.26. The van der Waals surface area contributed by atoms with Gasteiger partial charge in [-0.05, 0) is 44.6 Å². The first-order valence-corrected chi connectivity index (χ1v) is 11.1. The number of carbonyl (C=O) groups excluding carboxylic acids is 3. The van der Waals surface area contributed by atoms with Crippen LogP contribution in [0.3, 0.4) is 0 Å². The van der Waals surface area contributed by atoms with Gasteiger partial charge in [0, 0.05) is 6.42 Å². The average Bonchev–Trinajstić information content (AvgIpc) is 2.76. The zero-order valence-electron chi connectivity index (χ0n) is 18.9. The smallest absolute Gasteiger partial charge is 0.408 e. The van der Waals surface area contributed by atoms with Gasteiger partial charge >= 0.3 is 18.0 Å². The fourth-order valence-corrected chi connectivity index (χ4v) is 3.35. The summed E-state index contributed by atoms with van der Waals surface area (Å²) >= 11 is 0. The number of alkyl carbamates (subject to hydrolysis) is 1. The molecule has 1 fully saturated rings. The van der Waals surface area contributed by atoms with E-state index in [1.807, 2.05) is 37.3 Å². The Hall–Kier alpha value is -2.57. The van der Waals surface area contributed by atoms with Gasteiger partial charge in [-0.15, -0.1) is 0 Å². The summed E-state index contributed by atoms with van der Waals surface area (Å²) in [5, 5.41) is 2.49. The van der Waals surface area contributed by atoms with Gasteiger partial charge in [-0.25, -0.2) is 9.59 Å². The van der Waals surface area contributed by atoms with Crippen LogP contribution in [-0.2, 0) is 30.4 Å². The van der Waals surface area contributed by atoms with Crippen LogP contribution in [-0.4, -0.2) is 36.3 Å². The van der Waals surface area contributed by atoms with Crippen molar-refractivity contribution >= 4 is 18.0 Å². The van der Waals surface area contributed by atoms with Crippen LogP contribution in [0.4, 0.5) is 4.79 Å². The molecule has 1 amide bonds. The standard InChI is InChI=1S/C24H35NO6/c1-4-24(2,3)31-23(28)25-20(22(27)30-16-19-13-9-6-10-14-19)17-29-21(26)15-18-11-7-5-8-12-18/h6,9-10,13-14,18,20H,4-5,7-8,11-12,15-17H2,1-3H3,(H,25,28). The van der Waals surface area contributed by atoms with Gasteiger partial charge in [-0.2, -0.15) is 0 Å². The Bertz CT molecular complexity index is 712. The highest BCUT2D eigenvalue weighted by molar-refractivity contribution is 5.82. The van der Waals surface area contributed by atoms with E-state index in [1.54, 1.807) is 13.8 Å². The molecule has 0 bridgehead atoms. The number of esters is 2. The molecule has 1 aliphatic carbocycles. The van der Waals surface area contributed by atoms with Crippen LogP contribution in [0.2, 0.25) is 0 Å². The lowest BCUT2D eigenvalue weighted by molar-refractivity contribution is -0.153. The molecule has 1 aromatic carbocycles. The van der Waals surface area contributed by atoms with Crippen molar-refractivity contribution in [2.45, 2.75) is 84.0 Å². The molecule has 0 aliphatic heterocycles. The lowest BCUT2D eigenvalue weighted by Gasteiger charge is -2.25. The fourth-order valence-electron chi connectivity index (χ4n) is 3.35. The third-order valence-electron chi connectivity index (χ3n) is 5.61. The molecule has 1 atom stereocenters. The lowest BCUT2D eigenvalue weighted by atomic mass is 9.87. The Morgan fingerprint density at radius 3 is 2.39 bits per heavy atom. The minimum atomic E-state index is -1.14. The van der Waals surface area contributed by atoms with Crippen molar-refractivity contribution in [1.29, 1.82) is 0 Å². The molecule has 0 aromatic heterocycles. The van der Waals surface area contributed by atoms with E-state index >= 15 is 0 Å². The predicted molar refractivity (Wildman–Crippen MR) is 116 cm³/mol. The Balaban J connectivity index is 1.92. The van der Waals surface area contributed by atoms with E-state index < -0.39 is 23.7 Å². The van der Waals surface area contributed by atoms with Gasteiger partial charge in [-0.3, -0.25) is 4.79 Å². The maximum Gasteiger partial charge on any atom is 0.408 e. The molecule has 0 radical (unpaired) electrons. The topological polar surface area (TPSA) is 90.9 Å². The summed E-state index contributed by atoms with van der Waals surface area (Å²) in [5.74, 6) is -0.717. The summed E-state index contributed by atoms with van der Waals surface area (Å²) < 4.78 is 16.0. The lowest BCUT2D eigenvalue weighted by Crippen LogP contribution is -2.47. The van der Waals surface area contributed by atoms with Crippen molar-refractivity contribution in [1.82, 2.24) is 5.32 Å². The van der Waals surface area contributed by atoms with Crippen molar-refractivity contribution in [3.63, 3.8) is 0 Å². The number of hydrogen-bond donors (Lipinski definition) is 1. The van der Waals surface area contributed by atoms with E-state index in [-0.39, 0.29) is 19.2 Å². The molecule has 0 heterocycles. The molecule has 31 heavy (non-hydrogen) atoms. The van der Waals surface area contributed by atoms with E-state index in [2.05, 4.69) is 5.32 Å². The number of ether oxygens (including phenoxy) is 3. The van der Waals surface area contributed by atoms with Gasteiger partial charge in [0.15, 0.2) is 6.04 Å². The molecule has 7 heteroatoms. The molecule has 1 unspecified atom stereocenters. The van der Waals surface area contributed by atoms with E-state index in [0.717, 1.165) is 31.2 Å². The monoisotopic (exact) mass is 433 g/mol. The normalized spacial score (nSPS) is 15.6. The summed E-state index contributed by atoms with van der Waals surface area (Å²) in [6.45, 7) is 5.22. The second-order valence-corrected chi connectivity index (χ2v) is 8.68. The Morgan fingerprint density at radius 2 is 1.74 bits per heavy atom. The van der Waals surface area contributed by atoms with Crippen LogP contribution in [0.25, 0.3) is 0 Å². The van der Waals surface area contributed by atoms with E-state index in [9.17, 15) is 14.4 Å². The number of carbonyl (C=O) groups is 3. The van der Waals surface area contributed by atoms with Crippen molar-refractivity contribution in [2.24, 2.45) is 5.92 Å². The second-order valence-electron chi connectivity index (χ2n) is 8.68. The quantitative estimate of drug-likeness (QED) is 0.431. The maximum absolute atomic E-state index is 12.6. The second kappa shape index (κ2) is 12.3. The Labute approximate surface area is 184 Å². The van der Waals surface area contributed by atoms with Gasteiger partial charge in [0.05, 0.1) is 0 Å². The largest absolute Gasteiger partial charge is 0.463 e. The van der Waals surface area contributed by atoms with Crippen molar-refractivity contribution in [3.05, 3.63) is 35.9 Å². The summed E-state index contributed by atoms with van der Waals surface area (Å²) in [7, 11) is 0. The summed E-state index contributed by atoms with van der Waals surface area (Å²) in [4.78, 5) is 37.2. The number of hydrogen-bond acceptors (Lipinski definition) is 6. The van der Waals surface area contributed by atoms with Gasteiger partial charge in [0.2, 0.25) is 0 Å². The molecule has 0 saturated heterocycles. The number of nitrogens with one attached hydrogen (secondary N) is 1. The van der Waals surface area contributed by atoms with Crippen LogP contribution < -0.4 is 5.32 Å². The number of amides is 1. The maximum atomic E-state index is 12.6. The van der Waals surface area contributed by atoms with Crippen LogP contribution in [0, 0.1) is 5.92 Å². The van der Waals surface area contributed by atoms with Crippen molar-refractivity contribution in [3.8, 4) is 0 Å². The molecule has 1 aliphatic rings. The van der Waals surface area contributed by atoms with Gasteiger partial charge in [-0.1, -0.05) is 56.5 Å². The van der Waals surface area contributed by atoms with Crippen LogP contribution in [0.5, 0.6) is 0 Å². The first kappa shape index (κ1) is 24.7. The zero-order chi connectivity index (χ0) is 22.7. The summed E-state index contributed by atoms with van der Waals surface area (Å²) in [6.07, 6.45) is 5.71. The van der Waals surface area contributed by atoms with Crippen molar-refractivity contribution in [2.75, 3.05) is 6.61 Å². The molecular formula is C24H35NO6. The molecule has 2 rings (SSSR count). The number of benzene rings is 1. The van der Waals surface area contributed by atoms with E-state index in [1.165, 1.54) is 6.42 Å². The molecule has 7 nitrogen and oxygen atoms in total.